The number of rotatable bonds is 4. The van der Waals surface area contributed by atoms with Crippen molar-refractivity contribution < 1.29 is 8.42 Å². The summed E-state index contributed by atoms with van der Waals surface area (Å²) in [6.45, 7) is 4.49. The van der Waals surface area contributed by atoms with E-state index in [-0.39, 0.29) is 0 Å². The van der Waals surface area contributed by atoms with Crippen molar-refractivity contribution in [1.29, 1.82) is 0 Å². The Kier molecular flexibility index (Phi) is 4.04. The molecule has 0 radical (unpaired) electrons. The maximum atomic E-state index is 12.1. The lowest BCUT2D eigenvalue weighted by molar-refractivity contribution is 0.394. The Bertz CT molecular complexity index is 496. The van der Waals surface area contributed by atoms with Crippen LogP contribution in [0.2, 0.25) is 0 Å². The molecule has 0 saturated carbocycles. The lowest BCUT2D eigenvalue weighted by atomic mass is 10.1. The minimum Gasteiger partial charge on any atom is -0.306 e. The summed E-state index contributed by atoms with van der Waals surface area (Å²) in [4.78, 5) is 2.57. The Morgan fingerprint density at radius 2 is 2.00 bits per heavy atom. The molecule has 1 aromatic rings. The highest BCUT2D eigenvalue weighted by molar-refractivity contribution is 7.89. The first kappa shape index (κ1) is 13.5. The predicted molar refractivity (Wildman–Crippen MR) is 72.0 cm³/mol. The van der Waals surface area contributed by atoms with E-state index in [0.717, 1.165) is 25.1 Å². The van der Waals surface area contributed by atoms with Gasteiger partial charge in [0.15, 0.2) is 0 Å². The molecule has 2 rings (SSSR count). The zero-order chi connectivity index (χ0) is 13.2. The van der Waals surface area contributed by atoms with Crippen LogP contribution in [-0.4, -0.2) is 40.0 Å². The molecule has 1 N–H and O–H groups in total. The van der Waals surface area contributed by atoms with Gasteiger partial charge in [-0.1, -0.05) is 17.7 Å². The highest BCUT2D eigenvalue weighted by Gasteiger charge is 2.22. The van der Waals surface area contributed by atoms with E-state index in [4.69, 9.17) is 0 Å². The molecule has 1 heterocycles. The summed E-state index contributed by atoms with van der Waals surface area (Å²) in [6, 6.07) is 6.94. The zero-order valence-corrected chi connectivity index (χ0v) is 11.7. The van der Waals surface area contributed by atoms with Gasteiger partial charge in [0.25, 0.3) is 0 Å². The second-order valence-corrected chi connectivity index (χ2v) is 6.85. The van der Waals surface area contributed by atoms with Crippen molar-refractivity contribution in [3.05, 3.63) is 29.8 Å². The number of sulfonamides is 1. The topological polar surface area (TPSA) is 49.4 Å². The molecule has 5 heteroatoms. The molecular formula is C13H20N2O2S. The van der Waals surface area contributed by atoms with Crippen LogP contribution >= 0.6 is 0 Å². The Morgan fingerprint density at radius 3 is 2.56 bits per heavy atom. The first-order chi connectivity index (χ1) is 8.47. The fourth-order valence-electron chi connectivity index (χ4n) is 2.22. The first-order valence-corrected chi connectivity index (χ1v) is 7.70. The van der Waals surface area contributed by atoms with Gasteiger partial charge in [-0.25, -0.2) is 13.1 Å². The summed E-state index contributed by atoms with van der Waals surface area (Å²) in [5.41, 5.74) is 1.06. The van der Waals surface area contributed by atoms with Crippen LogP contribution in [0.4, 0.5) is 0 Å². The molecule has 0 amide bonds. The van der Waals surface area contributed by atoms with Gasteiger partial charge in [-0.15, -0.1) is 0 Å². The minimum absolute atomic E-state index is 0.347. The third-order valence-electron chi connectivity index (χ3n) is 3.38. The van der Waals surface area contributed by atoms with Crippen LogP contribution in [0.5, 0.6) is 0 Å². The molecule has 100 valence electrons. The van der Waals surface area contributed by atoms with Crippen molar-refractivity contribution in [3.63, 3.8) is 0 Å². The molecule has 18 heavy (non-hydrogen) atoms. The Balaban J connectivity index is 1.97. The molecule has 0 spiro atoms. The maximum Gasteiger partial charge on any atom is 0.240 e. The van der Waals surface area contributed by atoms with Crippen molar-refractivity contribution >= 4 is 10.0 Å². The minimum atomic E-state index is -3.35. The summed E-state index contributed by atoms with van der Waals surface area (Å²) in [5, 5.41) is 0. The lowest BCUT2D eigenvalue weighted by Crippen LogP contribution is -2.30. The van der Waals surface area contributed by atoms with Gasteiger partial charge in [0.2, 0.25) is 10.0 Å². The van der Waals surface area contributed by atoms with Crippen LogP contribution in [0, 0.1) is 12.8 Å². The van der Waals surface area contributed by atoms with Crippen molar-refractivity contribution in [2.75, 3.05) is 26.7 Å². The molecule has 4 nitrogen and oxygen atoms in total. The number of nitrogens with zero attached hydrogens (tertiary/aromatic N) is 1. The van der Waals surface area contributed by atoms with Gasteiger partial charge in [-0.05, 0) is 45.0 Å². The van der Waals surface area contributed by atoms with Gasteiger partial charge in [0.05, 0.1) is 4.90 Å². The molecule has 1 fully saturated rings. The first-order valence-electron chi connectivity index (χ1n) is 6.22. The van der Waals surface area contributed by atoms with Crippen LogP contribution < -0.4 is 4.72 Å². The Hall–Kier alpha value is -0.910. The third kappa shape index (κ3) is 3.31. The van der Waals surface area contributed by atoms with Gasteiger partial charge in [-0.2, -0.15) is 0 Å². The number of nitrogens with one attached hydrogen (secondary N) is 1. The maximum absolute atomic E-state index is 12.1. The Morgan fingerprint density at radius 1 is 1.33 bits per heavy atom. The van der Waals surface area contributed by atoms with Gasteiger partial charge < -0.3 is 4.90 Å². The predicted octanol–water partition coefficient (Wildman–Crippen LogP) is 1.23. The molecule has 1 aromatic carbocycles. The lowest BCUT2D eigenvalue weighted by Gasteiger charge is -2.12. The number of benzene rings is 1. The SMILES string of the molecule is Cc1ccc(S(=O)(=O)NCC2CCN(C)C2)cc1. The third-order valence-corrected chi connectivity index (χ3v) is 4.82. The summed E-state index contributed by atoms with van der Waals surface area (Å²) < 4.78 is 26.8. The summed E-state index contributed by atoms with van der Waals surface area (Å²) in [5.74, 6) is 0.426. The van der Waals surface area contributed by atoms with Crippen LogP contribution in [0.1, 0.15) is 12.0 Å². The standard InChI is InChI=1S/C13H20N2O2S/c1-11-3-5-13(6-4-11)18(16,17)14-9-12-7-8-15(2)10-12/h3-6,12,14H,7-10H2,1-2H3. The van der Waals surface area contributed by atoms with Crippen molar-refractivity contribution in [3.8, 4) is 0 Å². The van der Waals surface area contributed by atoms with Crippen molar-refractivity contribution in [2.45, 2.75) is 18.2 Å². The summed E-state index contributed by atoms with van der Waals surface area (Å²) in [6.07, 6.45) is 1.06. The number of aryl methyl sites for hydroxylation is 1. The van der Waals surface area contributed by atoms with Gasteiger partial charge in [0.1, 0.15) is 0 Å². The van der Waals surface area contributed by atoms with Gasteiger partial charge >= 0.3 is 0 Å². The second kappa shape index (κ2) is 5.38. The molecule has 1 aliphatic heterocycles. The van der Waals surface area contributed by atoms with Crippen molar-refractivity contribution in [2.24, 2.45) is 5.92 Å². The quantitative estimate of drug-likeness (QED) is 0.893. The zero-order valence-electron chi connectivity index (χ0n) is 10.9. The monoisotopic (exact) mass is 268 g/mol. The van der Waals surface area contributed by atoms with E-state index >= 15 is 0 Å². The average molecular weight is 268 g/mol. The van der Waals surface area contributed by atoms with Gasteiger partial charge in [0, 0.05) is 13.1 Å². The largest absolute Gasteiger partial charge is 0.306 e. The normalized spacial score (nSPS) is 21.3. The van der Waals surface area contributed by atoms with E-state index in [2.05, 4.69) is 16.7 Å². The second-order valence-electron chi connectivity index (χ2n) is 5.08. The molecule has 1 atom stereocenters. The van der Waals surface area contributed by atoms with E-state index in [1.807, 2.05) is 19.1 Å². The molecule has 1 unspecified atom stereocenters. The fraction of sp³-hybridized carbons (Fsp3) is 0.538. The molecule has 0 aromatic heterocycles. The van der Waals surface area contributed by atoms with E-state index < -0.39 is 10.0 Å². The Labute approximate surface area is 109 Å². The van der Waals surface area contributed by atoms with Crippen LogP contribution in [0.3, 0.4) is 0 Å². The van der Waals surface area contributed by atoms with E-state index in [1.165, 1.54) is 0 Å². The molecule has 0 bridgehead atoms. The van der Waals surface area contributed by atoms with Crippen LogP contribution in [-0.2, 0) is 10.0 Å². The molecule has 1 aliphatic rings. The van der Waals surface area contributed by atoms with Crippen molar-refractivity contribution in [1.82, 2.24) is 9.62 Å². The molecule has 1 saturated heterocycles. The van der Waals surface area contributed by atoms with E-state index in [1.54, 1.807) is 12.1 Å². The average Bonchev–Trinajstić information content (AvgIpc) is 2.73. The number of likely N-dealkylation sites (tertiary alicyclic amines) is 1. The van der Waals surface area contributed by atoms with E-state index in [0.29, 0.717) is 17.4 Å². The highest BCUT2D eigenvalue weighted by Crippen LogP contribution is 2.15. The van der Waals surface area contributed by atoms with Crippen LogP contribution in [0.25, 0.3) is 0 Å². The summed E-state index contributed by atoms with van der Waals surface area (Å²) in [7, 11) is -1.29. The number of hydrogen-bond donors (Lipinski definition) is 1. The number of hydrogen-bond acceptors (Lipinski definition) is 3. The molecule has 0 aliphatic carbocycles. The fourth-order valence-corrected chi connectivity index (χ4v) is 3.34. The summed E-state index contributed by atoms with van der Waals surface area (Å²) >= 11 is 0. The van der Waals surface area contributed by atoms with Gasteiger partial charge in [-0.3, -0.25) is 0 Å². The smallest absolute Gasteiger partial charge is 0.240 e. The molecular weight excluding hydrogens is 248 g/mol. The van der Waals surface area contributed by atoms with E-state index in [9.17, 15) is 8.42 Å². The van der Waals surface area contributed by atoms with Crippen LogP contribution in [0.15, 0.2) is 29.2 Å². The highest BCUT2D eigenvalue weighted by atomic mass is 32.2.